The molecule has 2 aromatic heterocycles. The average molecular weight is 364 g/mol. The van der Waals surface area contributed by atoms with Gasteiger partial charge in [-0.05, 0) is 43.4 Å². The zero-order valence-corrected chi connectivity index (χ0v) is 15.5. The van der Waals surface area contributed by atoms with E-state index in [1.165, 1.54) is 6.42 Å². The van der Waals surface area contributed by atoms with Crippen molar-refractivity contribution < 1.29 is 0 Å². The van der Waals surface area contributed by atoms with Crippen LogP contribution in [-0.2, 0) is 19.4 Å². The topological polar surface area (TPSA) is 78.0 Å². The summed E-state index contributed by atoms with van der Waals surface area (Å²) in [6, 6.07) is 7.60. The molecule has 2 aromatic rings. The number of pyridine rings is 1. The van der Waals surface area contributed by atoms with E-state index in [1.807, 2.05) is 12.1 Å². The van der Waals surface area contributed by atoms with E-state index in [0.29, 0.717) is 12.1 Å². The first-order valence-electron chi connectivity index (χ1n) is 9.66. The van der Waals surface area contributed by atoms with Crippen LogP contribution < -0.4 is 10.5 Å². The molecule has 1 aliphatic heterocycles. The zero-order chi connectivity index (χ0) is 18.6. The fourth-order valence-electron chi connectivity index (χ4n) is 3.84. The molecule has 0 amide bonds. The molecule has 27 heavy (non-hydrogen) atoms. The van der Waals surface area contributed by atoms with Gasteiger partial charge >= 0.3 is 0 Å². The average Bonchev–Trinajstić information content (AvgIpc) is 2.73. The van der Waals surface area contributed by atoms with Crippen molar-refractivity contribution in [1.29, 1.82) is 5.26 Å². The van der Waals surface area contributed by atoms with Crippen LogP contribution in [0.4, 0.5) is 5.82 Å². The molecule has 3 heterocycles. The minimum atomic E-state index is 0.0241. The van der Waals surface area contributed by atoms with Gasteiger partial charge in [-0.2, -0.15) is 10.4 Å². The van der Waals surface area contributed by atoms with E-state index in [-0.39, 0.29) is 5.56 Å². The largest absolute Gasteiger partial charge is 0.354 e. The number of hydrogen-bond donors (Lipinski definition) is 0. The molecule has 0 aromatic carbocycles. The lowest BCUT2D eigenvalue weighted by molar-refractivity contribution is 0.241. The molecule has 1 saturated heterocycles. The molecule has 0 bridgehead atoms. The highest BCUT2D eigenvalue weighted by Crippen LogP contribution is 2.17. The monoisotopic (exact) mass is 364 g/mol. The Bertz CT molecular complexity index is 890. The van der Waals surface area contributed by atoms with E-state index >= 15 is 0 Å². The standard InChI is InChI=1S/C20H24N6O/c21-14-16-5-6-19(22-15-16)25-10-7-24(8-11-25)9-12-26-20(27)13-17-3-1-2-4-18(17)23-26/h5-6,13,15H,1-4,7-12H2. The minimum Gasteiger partial charge on any atom is -0.354 e. The number of aromatic nitrogens is 3. The van der Waals surface area contributed by atoms with Gasteiger partial charge in [-0.1, -0.05) is 0 Å². The van der Waals surface area contributed by atoms with Crippen LogP contribution in [0.2, 0.25) is 0 Å². The summed E-state index contributed by atoms with van der Waals surface area (Å²) in [4.78, 5) is 21.3. The Kier molecular flexibility index (Phi) is 5.16. The van der Waals surface area contributed by atoms with Crippen molar-refractivity contribution in [1.82, 2.24) is 19.7 Å². The lowest BCUT2D eigenvalue weighted by Crippen LogP contribution is -2.48. The molecule has 0 atom stereocenters. The third kappa shape index (κ3) is 4.01. The van der Waals surface area contributed by atoms with E-state index in [1.54, 1.807) is 16.9 Å². The van der Waals surface area contributed by atoms with Crippen molar-refractivity contribution in [3.63, 3.8) is 0 Å². The number of nitriles is 1. The quantitative estimate of drug-likeness (QED) is 0.812. The Balaban J connectivity index is 1.32. The Morgan fingerprint density at radius 3 is 2.63 bits per heavy atom. The summed E-state index contributed by atoms with van der Waals surface area (Å²) in [7, 11) is 0. The molecule has 2 aliphatic rings. The molecule has 4 rings (SSSR count). The Morgan fingerprint density at radius 2 is 1.89 bits per heavy atom. The number of piperazine rings is 1. The predicted octanol–water partition coefficient (Wildman–Crippen LogP) is 1.21. The molecule has 1 aliphatic carbocycles. The number of aryl methyl sites for hydroxylation is 2. The van der Waals surface area contributed by atoms with Gasteiger partial charge in [-0.25, -0.2) is 9.67 Å². The maximum atomic E-state index is 12.3. The molecule has 7 heteroatoms. The molecule has 0 saturated carbocycles. The summed E-state index contributed by atoms with van der Waals surface area (Å²) in [6.45, 7) is 5.13. The van der Waals surface area contributed by atoms with Crippen LogP contribution in [0.1, 0.15) is 29.7 Å². The minimum absolute atomic E-state index is 0.0241. The van der Waals surface area contributed by atoms with Gasteiger partial charge in [0, 0.05) is 45.0 Å². The number of fused-ring (bicyclic) bond motifs is 1. The second-order valence-electron chi connectivity index (χ2n) is 7.23. The molecular weight excluding hydrogens is 340 g/mol. The van der Waals surface area contributed by atoms with Crippen LogP contribution in [0, 0.1) is 11.3 Å². The van der Waals surface area contributed by atoms with Crippen molar-refractivity contribution in [3.8, 4) is 6.07 Å². The van der Waals surface area contributed by atoms with Gasteiger partial charge in [0.05, 0.1) is 17.8 Å². The third-order valence-corrected chi connectivity index (χ3v) is 5.48. The number of anilines is 1. The highest BCUT2D eigenvalue weighted by molar-refractivity contribution is 5.42. The van der Waals surface area contributed by atoms with Crippen molar-refractivity contribution in [2.24, 2.45) is 0 Å². The molecule has 1 fully saturated rings. The van der Waals surface area contributed by atoms with Gasteiger partial charge in [0.2, 0.25) is 0 Å². The molecule has 0 spiro atoms. The normalized spacial score (nSPS) is 17.4. The van der Waals surface area contributed by atoms with E-state index in [9.17, 15) is 4.79 Å². The van der Waals surface area contributed by atoms with Crippen LogP contribution in [0.3, 0.4) is 0 Å². The lowest BCUT2D eigenvalue weighted by Gasteiger charge is -2.35. The van der Waals surface area contributed by atoms with E-state index in [4.69, 9.17) is 5.26 Å². The van der Waals surface area contributed by atoms with Crippen molar-refractivity contribution >= 4 is 5.82 Å². The van der Waals surface area contributed by atoms with Gasteiger partial charge in [-0.15, -0.1) is 0 Å². The van der Waals surface area contributed by atoms with Gasteiger partial charge in [0.25, 0.3) is 5.56 Å². The van der Waals surface area contributed by atoms with E-state index in [2.05, 4.69) is 26.0 Å². The first kappa shape index (κ1) is 17.7. The van der Waals surface area contributed by atoms with Crippen molar-refractivity contribution in [2.45, 2.75) is 32.2 Å². The first-order valence-corrected chi connectivity index (χ1v) is 9.66. The fraction of sp³-hybridized carbons (Fsp3) is 0.500. The molecule has 7 nitrogen and oxygen atoms in total. The molecule has 0 unspecified atom stereocenters. The molecule has 0 N–H and O–H groups in total. The Labute approximate surface area is 158 Å². The summed E-state index contributed by atoms with van der Waals surface area (Å²) < 4.78 is 1.64. The smallest absolute Gasteiger partial charge is 0.267 e. The maximum absolute atomic E-state index is 12.3. The van der Waals surface area contributed by atoms with Crippen LogP contribution in [-0.4, -0.2) is 52.4 Å². The zero-order valence-electron chi connectivity index (χ0n) is 15.5. The van der Waals surface area contributed by atoms with E-state index in [0.717, 1.165) is 69.1 Å². The maximum Gasteiger partial charge on any atom is 0.267 e. The van der Waals surface area contributed by atoms with E-state index < -0.39 is 0 Å². The Hall–Kier alpha value is -2.72. The van der Waals surface area contributed by atoms with Crippen molar-refractivity contribution in [2.75, 3.05) is 37.6 Å². The van der Waals surface area contributed by atoms with Crippen LogP contribution in [0.25, 0.3) is 0 Å². The van der Waals surface area contributed by atoms with Crippen LogP contribution >= 0.6 is 0 Å². The second-order valence-corrected chi connectivity index (χ2v) is 7.23. The summed E-state index contributed by atoms with van der Waals surface area (Å²) in [5.41, 5.74) is 2.86. The number of hydrogen-bond acceptors (Lipinski definition) is 6. The lowest BCUT2D eigenvalue weighted by atomic mass is 9.97. The number of nitrogens with zero attached hydrogens (tertiary/aromatic N) is 6. The SMILES string of the molecule is N#Cc1ccc(N2CCN(CCn3nc4c(cc3=O)CCCC4)CC2)nc1. The van der Waals surface area contributed by atoms with Crippen molar-refractivity contribution in [3.05, 3.63) is 51.6 Å². The predicted molar refractivity (Wildman–Crippen MR) is 103 cm³/mol. The molecule has 0 radical (unpaired) electrons. The molecule has 140 valence electrons. The summed E-state index contributed by atoms with van der Waals surface area (Å²) in [6.07, 6.45) is 5.94. The van der Waals surface area contributed by atoms with Gasteiger partial charge in [-0.3, -0.25) is 9.69 Å². The highest BCUT2D eigenvalue weighted by Gasteiger charge is 2.19. The molecular formula is C20H24N6O. The van der Waals surface area contributed by atoms with Gasteiger partial charge in [0.1, 0.15) is 11.9 Å². The Morgan fingerprint density at radius 1 is 1.07 bits per heavy atom. The highest BCUT2D eigenvalue weighted by atomic mass is 16.1. The van der Waals surface area contributed by atoms with Crippen LogP contribution in [0.5, 0.6) is 0 Å². The fourth-order valence-corrected chi connectivity index (χ4v) is 3.84. The summed E-state index contributed by atoms with van der Waals surface area (Å²) >= 11 is 0. The summed E-state index contributed by atoms with van der Waals surface area (Å²) in [5, 5.41) is 13.5. The summed E-state index contributed by atoms with van der Waals surface area (Å²) in [5.74, 6) is 0.918. The number of rotatable bonds is 4. The van der Waals surface area contributed by atoms with Gasteiger partial charge < -0.3 is 4.90 Å². The third-order valence-electron chi connectivity index (χ3n) is 5.48. The van der Waals surface area contributed by atoms with Crippen LogP contribution in [0.15, 0.2) is 29.2 Å². The van der Waals surface area contributed by atoms with Gasteiger partial charge in [0.15, 0.2) is 0 Å². The first-order chi connectivity index (χ1) is 13.2. The second kappa shape index (κ2) is 7.89.